The molecule has 0 aliphatic carbocycles. The Labute approximate surface area is 78.2 Å². The van der Waals surface area contributed by atoms with E-state index in [4.69, 9.17) is 11.5 Å². The van der Waals surface area contributed by atoms with Gasteiger partial charge in [0.05, 0.1) is 14.1 Å². The Balaban J connectivity index is 4.26. The zero-order chi connectivity index (χ0) is 10.5. The van der Waals surface area contributed by atoms with Gasteiger partial charge >= 0.3 is 6.03 Å². The highest BCUT2D eigenvalue weighted by Gasteiger charge is 2.13. The summed E-state index contributed by atoms with van der Waals surface area (Å²) in [5, 5.41) is 6.27. The molecule has 0 aliphatic rings. The van der Waals surface area contributed by atoms with Crippen LogP contribution in [0.5, 0.6) is 0 Å². The minimum absolute atomic E-state index is 0.0472. The molecule has 0 radical (unpaired) electrons. The number of quaternary nitrogens is 1. The van der Waals surface area contributed by atoms with Crippen molar-refractivity contribution in [1.82, 2.24) is 5.32 Å². The van der Waals surface area contributed by atoms with Crippen molar-refractivity contribution in [1.29, 1.82) is 0 Å². The van der Waals surface area contributed by atoms with E-state index in [0.717, 1.165) is 13.0 Å². The molecule has 13 heavy (non-hydrogen) atoms. The van der Waals surface area contributed by atoms with Crippen molar-refractivity contribution in [3.05, 3.63) is 0 Å². The molecule has 0 saturated heterocycles. The Morgan fingerprint density at radius 3 is 2.38 bits per heavy atom. The Bertz CT molecular complexity index is 211. The van der Waals surface area contributed by atoms with E-state index in [-0.39, 0.29) is 5.96 Å². The number of nitrogens with one attached hydrogen (secondary N) is 1. The molecule has 0 fully saturated rings. The molecule has 0 saturated carbocycles. The Kier molecular flexibility index (Phi) is 4.19. The number of hydrogen-bond donors (Lipinski definition) is 3. The van der Waals surface area contributed by atoms with Crippen LogP contribution >= 0.6 is 0 Å². The van der Waals surface area contributed by atoms with Crippen molar-refractivity contribution in [3.8, 4) is 0 Å². The molecule has 5 N–H and O–H groups in total. The van der Waals surface area contributed by atoms with Gasteiger partial charge in [-0.3, -0.25) is 5.32 Å². The highest BCUT2D eigenvalue weighted by atomic mass is 16.2. The number of primary amides is 1. The fraction of sp³-hybridized carbons (Fsp3) is 0.714. The van der Waals surface area contributed by atoms with Gasteiger partial charge in [-0.05, 0) is 11.5 Å². The molecule has 0 bridgehead atoms. The molecule has 0 aromatic heterocycles. The smallest absolute Gasteiger partial charge is 0.319 e. The largest absolute Gasteiger partial charge is 0.365 e. The number of guanidine groups is 1. The van der Waals surface area contributed by atoms with Crippen LogP contribution in [0.4, 0.5) is 4.79 Å². The van der Waals surface area contributed by atoms with E-state index in [1.807, 2.05) is 21.0 Å². The van der Waals surface area contributed by atoms with Crippen LogP contribution in [0, 0.1) is 0 Å². The zero-order valence-electron chi connectivity index (χ0n) is 8.37. The van der Waals surface area contributed by atoms with Crippen molar-refractivity contribution < 1.29 is 9.39 Å². The summed E-state index contributed by atoms with van der Waals surface area (Å²) in [6.45, 7) is 2.90. The number of hydrogen-bond acceptors (Lipinski definition) is 2. The number of amides is 2. The summed E-state index contributed by atoms with van der Waals surface area (Å²) >= 11 is 0. The number of nitrogens with two attached hydrogens (primary N) is 2. The van der Waals surface area contributed by atoms with Crippen LogP contribution in [0.1, 0.15) is 13.3 Å². The summed E-state index contributed by atoms with van der Waals surface area (Å²) in [6.07, 6.45) is 0.986. The second-order valence-corrected chi connectivity index (χ2v) is 3.32. The Hall–Kier alpha value is -1.30. The van der Waals surface area contributed by atoms with Crippen molar-refractivity contribution in [2.75, 3.05) is 20.6 Å². The molecule has 0 spiro atoms. The van der Waals surface area contributed by atoms with Crippen LogP contribution in [-0.2, 0) is 0 Å². The van der Waals surface area contributed by atoms with E-state index in [1.54, 1.807) is 0 Å². The van der Waals surface area contributed by atoms with E-state index in [0.29, 0.717) is 4.59 Å². The molecular formula is C7H18N5O+. The van der Waals surface area contributed by atoms with Crippen LogP contribution in [0.2, 0.25) is 0 Å². The van der Waals surface area contributed by atoms with Gasteiger partial charge < -0.3 is 11.5 Å². The van der Waals surface area contributed by atoms with Gasteiger partial charge in [0.25, 0.3) is 5.96 Å². The highest BCUT2D eigenvalue weighted by Crippen LogP contribution is 1.98. The topological polar surface area (TPSA) is 93.5 Å². The molecule has 76 valence electrons. The fourth-order valence-electron chi connectivity index (χ4n) is 1.04. The lowest BCUT2D eigenvalue weighted by Gasteiger charge is -2.21. The second kappa shape index (κ2) is 4.66. The van der Waals surface area contributed by atoms with Gasteiger partial charge in [0.1, 0.15) is 6.54 Å². The van der Waals surface area contributed by atoms with E-state index < -0.39 is 6.03 Å². The number of urea groups is 1. The first-order chi connectivity index (χ1) is 5.87. The van der Waals surface area contributed by atoms with E-state index in [1.165, 1.54) is 0 Å². The molecule has 6 nitrogen and oxygen atoms in total. The first-order valence-corrected chi connectivity index (χ1v) is 4.12. The second-order valence-electron chi connectivity index (χ2n) is 3.32. The lowest BCUT2D eigenvalue weighted by molar-refractivity contribution is -0.897. The standard InChI is InChI=1S/C7H17N5O/c1-4-5-12(2,3)11-6(8)10-7(9)13/h4-5H2,1-3H3,(H4-,8,9,10,11,13)/p+1. The Morgan fingerprint density at radius 2 is 2.00 bits per heavy atom. The van der Waals surface area contributed by atoms with E-state index in [9.17, 15) is 4.79 Å². The van der Waals surface area contributed by atoms with E-state index in [2.05, 4.69) is 10.4 Å². The third-order valence-corrected chi connectivity index (χ3v) is 1.40. The Morgan fingerprint density at radius 1 is 1.46 bits per heavy atom. The molecule has 2 amide bonds. The first-order valence-electron chi connectivity index (χ1n) is 4.12. The van der Waals surface area contributed by atoms with Crippen LogP contribution in [0.25, 0.3) is 0 Å². The number of nitrogens with zero attached hydrogens (tertiary/aromatic N) is 2. The summed E-state index contributed by atoms with van der Waals surface area (Å²) in [5.74, 6) is 0.0472. The first kappa shape index (κ1) is 11.7. The third kappa shape index (κ3) is 5.92. The van der Waals surface area contributed by atoms with Gasteiger partial charge in [0.2, 0.25) is 0 Å². The summed E-state index contributed by atoms with van der Waals surface area (Å²) in [4.78, 5) is 10.4. The maximum absolute atomic E-state index is 10.4. The molecule has 0 aromatic rings. The molecule has 0 aromatic carbocycles. The molecule has 0 heterocycles. The third-order valence-electron chi connectivity index (χ3n) is 1.40. The molecule has 6 heteroatoms. The monoisotopic (exact) mass is 188 g/mol. The van der Waals surface area contributed by atoms with E-state index >= 15 is 0 Å². The van der Waals surface area contributed by atoms with Crippen LogP contribution in [0.15, 0.2) is 5.10 Å². The molecule has 0 rings (SSSR count). The average Bonchev–Trinajstić information content (AvgIpc) is 1.81. The van der Waals surface area contributed by atoms with Crippen LogP contribution < -0.4 is 16.8 Å². The predicted molar refractivity (Wildman–Crippen MR) is 51.6 cm³/mol. The van der Waals surface area contributed by atoms with Gasteiger partial charge in [-0.1, -0.05) is 6.92 Å². The average molecular weight is 188 g/mol. The van der Waals surface area contributed by atoms with Gasteiger partial charge in [0.15, 0.2) is 0 Å². The molecular weight excluding hydrogens is 170 g/mol. The zero-order valence-corrected chi connectivity index (χ0v) is 8.37. The quantitative estimate of drug-likeness (QED) is 0.238. The van der Waals surface area contributed by atoms with Crippen molar-refractivity contribution in [2.24, 2.45) is 16.6 Å². The summed E-state index contributed by atoms with van der Waals surface area (Å²) in [5.41, 5.74) is 10.3. The summed E-state index contributed by atoms with van der Waals surface area (Å²) in [6, 6.07) is -0.697. The van der Waals surface area contributed by atoms with Gasteiger partial charge in [-0.25, -0.2) is 4.79 Å². The lowest BCUT2D eigenvalue weighted by Crippen LogP contribution is -2.45. The van der Waals surface area contributed by atoms with Gasteiger partial charge in [0, 0.05) is 0 Å². The summed E-state index contributed by atoms with van der Waals surface area (Å²) < 4.78 is 0.378. The van der Waals surface area contributed by atoms with Gasteiger partial charge in [-0.15, -0.1) is 0 Å². The molecule has 0 aliphatic heterocycles. The minimum Gasteiger partial charge on any atom is -0.365 e. The normalized spacial score (nSPS) is 12.7. The molecule has 0 atom stereocenters. The fourth-order valence-corrected chi connectivity index (χ4v) is 1.04. The molecule has 0 unspecified atom stereocenters. The number of carbonyl (C=O) groups is 1. The van der Waals surface area contributed by atoms with Crippen molar-refractivity contribution >= 4 is 12.0 Å². The lowest BCUT2D eigenvalue weighted by atomic mass is 10.4. The summed E-state index contributed by atoms with van der Waals surface area (Å²) in [7, 11) is 3.78. The van der Waals surface area contributed by atoms with Gasteiger partial charge in [-0.2, -0.15) is 4.59 Å². The predicted octanol–water partition coefficient (Wildman–Crippen LogP) is -0.629. The van der Waals surface area contributed by atoms with Crippen LogP contribution in [0.3, 0.4) is 0 Å². The SMILES string of the molecule is CCC[N+](C)(C)N=C(N)NC(N)=O. The van der Waals surface area contributed by atoms with Crippen LogP contribution in [-0.4, -0.2) is 37.2 Å². The highest BCUT2D eigenvalue weighted by molar-refractivity contribution is 5.94. The minimum atomic E-state index is -0.697. The maximum Gasteiger partial charge on any atom is 0.319 e. The number of carbonyl (C=O) groups excluding carboxylic acids is 1. The van der Waals surface area contributed by atoms with Crippen molar-refractivity contribution in [2.45, 2.75) is 13.3 Å². The van der Waals surface area contributed by atoms with Crippen molar-refractivity contribution in [3.63, 3.8) is 0 Å². The number of rotatable bonds is 3. The maximum atomic E-state index is 10.4.